The molecule has 0 radical (unpaired) electrons. The summed E-state index contributed by atoms with van der Waals surface area (Å²) in [6.07, 6.45) is 0.440. The number of nitrogens with zero attached hydrogens (tertiary/aromatic N) is 6. The smallest absolute Gasteiger partial charge is 0.188 e. The summed E-state index contributed by atoms with van der Waals surface area (Å²) in [4.78, 5) is 49.6. The zero-order valence-corrected chi connectivity index (χ0v) is 19.2. The fourth-order valence-corrected chi connectivity index (χ4v) is 3.05. The third-order valence-electron chi connectivity index (χ3n) is 4.82. The van der Waals surface area contributed by atoms with Crippen LogP contribution in [0.25, 0.3) is 0 Å². The maximum Gasteiger partial charge on any atom is 0.188 e. The second-order valence-corrected chi connectivity index (χ2v) is 8.49. The average molecular weight is 431 g/mol. The van der Waals surface area contributed by atoms with Gasteiger partial charge in [-0.3, -0.25) is 19.2 Å². The van der Waals surface area contributed by atoms with E-state index in [4.69, 9.17) is 0 Å². The molecule has 0 unspecified atom stereocenters. The summed E-state index contributed by atoms with van der Waals surface area (Å²) < 4.78 is 2.83. The topological polar surface area (TPSA) is 130 Å². The van der Waals surface area contributed by atoms with Crippen LogP contribution < -0.4 is 0 Å². The number of Topliss-reactive ketones (excluding diaryl/α,β-unsaturated/α-hetero) is 4. The summed E-state index contributed by atoms with van der Waals surface area (Å²) in [5.41, 5.74) is 0.536. The summed E-state index contributed by atoms with van der Waals surface area (Å²) in [6, 6.07) is 0. The zero-order valence-electron chi connectivity index (χ0n) is 19.2. The first kappa shape index (κ1) is 24.2. The first-order chi connectivity index (χ1) is 14.5. The number of hydrogen-bond acceptors (Lipinski definition) is 8. The molecule has 0 spiro atoms. The standard InChI is InChI=1S/C21H30N6O4/c1-11(2)19(29)15-17(14(7)28)26(24-22-15)9-8-10-27-18(21(31)13(5)6)16(23-25-27)20(30)12(3)4/h11-13H,8-10H2,1-7H3. The van der Waals surface area contributed by atoms with Gasteiger partial charge >= 0.3 is 0 Å². The van der Waals surface area contributed by atoms with Gasteiger partial charge in [0.15, 0.2) is 34.5 Å². The second-order valence-electron chi connectivity index (χ2n) is 8.49. The van der Waals surface area contributed by atoms with Crippen molar-refractivity contribution in [3.63, 3.8) is 0 Å². The van der Waals surface area contributed by atoms with Gasteiger partial charge < -0.3 is 0 Å². The molecule has 31 heavy (non-hydrogen) atoms. The van der Waals surface area contributed by atoms with Gasteiger partial charge in [-0.15, -0.1) is 10.2 Å². The number of aromatic nitrogens is 6. The van der Waals surface area contributed by atoms with Crippen LogP contribution in [0.1, 0.15) is 96.8 Å². The molecule has 2 rings (SSSR count). The predicted octanol–water partition coefficient (Wildman–Crippen LogP) is 2.68. The van der Waals surface area contributed by atoms with Crippen molar-refractivity contribution in [3.05, 3.63) is 22.8 Å². The minimum atomic E-state index is -0.319. The van der Waals surface area contributed by atoms with E-state index in [9.17, 15) is 19.2 Å². The Morgan fingerprint density at radius 1 is 0.677 bits per heavy atom. The van der Waals surface area contributed by atoms with Gasteiger partial charge in [0.05, 0.1) is 0 Å². The van der Waals surface area contributed by atoms with Crippen LogP contribution in [0, 0.1) is 17.8 Å². The Balaban J connectivity index is 2.27. The Kier molecular flexibility index (Phi) is 7.70. The Hall–Kier alpha value is -3.04. The van der Waals surface area contributed by atoms with Gasteiger partial charge in [0.25, 0.3) is 0 Å². The van der Waals surface area contributed by atoms with Crippen molar-refractivity contribution in [1.82, 2.24) is 30.0 Å². The van der Waals surface area contributed by atoms with E-state index in [-0.39, 0.29) is 76.8 Å². The lowest BCUT2D eigenvalue weighted by Gasteiger charge is -2.10. The van der Waals surface area contributed by atoms with Crippen LogP contribution in [0.3, 0.4) is 0 Å². The fourth-order valence-electron chi connectivity index (χ4n) is 3.05. The van der Waals surface area contributed by atoms with Gasteiger partial charge in [-0.1, -0.05) is 52.0 Å². The Morgan fingerprint density at radius 3 is 1.45 bits per heavy atom. The van der Waals surface area contributed by atoms with Crippen molar-refractivity contribution >= 4 is 23.1 Å². The molecule has 0 saturated carbocycles. The molecule has 0 N–H and O–H groups in total. The highest BCUT2D eigenvalue weighted by molar-refractivity contribution is 6.07. The Morgan fingerprint density at radius 2 is 1.06 bits per heavy atom. The predicted molar refractivity (Wildman–Crippen MR) is 112 cm³/mol. The maximum absolute atomic E-state index is 12.7. The molecule has 0 aliphatic carbocycles. The molecule has 0 aliphatic heterocycles. The molecule has 2 aromatic heterocycles. The second kappa shape index (κ2) is 9.84. The summed E-state index contributed by atoms with van der Waals surface area (Å²) in [5, 5.41) is 15.9. The van der Waals surface area contributed by atoms with Crippen molar-refractivity contribution in [1.29, 1.82) is 0 Å². The third-order valence-corrected chi connectivity index (χ3v) is 4.82. The first-order valence-electron chi connectivity index (χ1n) is 10.5. The Labute approximate surface area is 181 Å². The minimum absolute atomic E-state index is 0.0729. The lowest BCUT2D eigenvalue weighted by atomic mass is 9.99. The molecule has 0 aliphatic rings. The third kappa shape index (κ3) is 5.18. The zero-order chi connectivity index (χ0) is 23.5. The van der Waals surface area contributed by atoms with Crippen LogP contribution >= 0.6 is 0 Å². The molecule has 0 saturated heterocycles. The quantitative estimate of drug-likeness (QED) is 0.497. The number of rotatable bonds is 11. The van der Waals surface area contributed by atoms with Crippen LogP contribution in [-0.4, -0.2) is 53.1 Å². The molecule has 2 heterocycles. The highest BCUT2D eigenvalue weighted by Gasteiger charge is 2.28. The Bertz CT molecular complexity index is 1000. The van der Waals surface area contributed by atoms with E-state index in [0.717, 1.165) is 0 Å². The number of ketones is 4. The van der Waals surface area contributed by atoms with E-state index in [1.165, 1.54) is 16.3 Å². The van der Waals surface area contributed by atoms with Gasteiger partial charge in [-0.25, -0.2) is 9.36 Å². The van der Waals surface area contributed by atoms with Crippen LogP contribution in [0.5, 0.6) is 0 Å². The van der Waals surface area contributed by atoms with Gasteiger partial charge in [0.1, 0.15) is 11.4 Å². The van der Waals surface area contributed by atoms with Crippen LogP contribution in [0.15, 0.2) is 0 Å². The van der Waals surface area contributed by atoms with Crippen LogP contribution in [-0.2, 0) is 13.1 Å². The van der Waals surface area contributed by atoms with Crippen molar-refractivity contribution < 1.29 is 19.2 Å². The van der Waals surface area contributed by atoms with Crippen molar-refractivity contribution in [2.45, 2.75) is 68.0 Å². The van der Waals surface area contributed by atoms with Gasteiger partial charge in [-0.05, 0) is 6.42 Å². The largest absolute Gasteiger partial charge is 0.293 e. The number of carbonyl (C=O) groups is 4. The average Bonchev–Trinajstić information content (AvgIpc) is 3.30. The molecule has 10 nitrogen and oxygen atoms in total. The molecule has 2 aromatic rings. The normalized spacial score (nSPS) is 11.5. The lowest BCUT2D eigenvalue weighted by Crippen LogP contribution is -2.21. The summed E-state index contributed by atoms with van der Waals surface area (Å²) >= 11 is 0. The molecule has 0 atom stereocenters. The highest BCUT2D eigenvalue weighted by atomic mass is 16.1. The van der Waals surface area contributed by atoms with Gasteiger partial charge in [-0.2, -0.15) is 0 Å². The van der Waals surface area contributed by atoms with E-state index >= 15 is 0 Å². The molecule has 10 heteroatoms. The van der Waals surface area contributed by atoms with Gasteiger partial charge in [0.2, 0.25) is 0 Å². The molecule has 0 bridgehead atoms. The molecule has 0 fully saturated rings. The lowest BCUT2D eigenvalue weighted by molar-refractivity contribution is 0.0896. The molecule has 168 valence electrons. The first-order valence-corrected chi connectivity index (χ1v) is 10.5. The number of aryl methyl sites for hydroxylation is 2. The van der Waals surface area contributed by atoms with Gasteiger partial charge in [0, 0.05) is 37.8 Å². The SMILES string of the molecule is CC(=O)c1c(C(=O)C(C)C)nnn1CCCn1nnc(C(=O)C(C)C)c1C(=O)C(C)C. The van der Waals surface area contributed by atoms with E-state index < -0.39 is 0 Å². The number of carbonyl (C=O) groups excluding carboxylic acids is 4. The van der Waals surface area contributed by atoms with Crippen molar-refractivity contribution in [3.8, 4) is 0 Å². The summed E-state index contributed by atoms with van der Waals surface area (Å²) in [7, 11) is 0. The van der Waals surface area contributed by atoms with Crippen molar-refractivity contribution in [2.24, 2.45) is 17.8 Å². The molecular formula is C21H30N6O4. The van der Waals surface area contributed by atoms with E-state index in [1.54, 1.807) is 41.5 Å². The van der Waals surface area contributed by atoms with E-state index in [0.29, 0.717) is 6.42 Å². The van der Waals surface area contributed by atoms with Crippen LogP contribution in [0.4, 0.5) is 0 Å². The van der Waals surface area contributed by atoms with E-state index in [1.807, 2.05) is 0 Å². The molecule has 0 amide bonds. The molecular weight excluding hydrogens is 400 g/mol. The maximum atomic E-state index is 12.7. The summed E-state index contributed by atoms with van der Waals surface area (Å²) in [5.74, 6) is -1.91. The van der Waals surface area contributed by atoms with Crippen LogP contribution in [0.2, 0.25) is 0 Å². The minimum Gasteiger partial charge on any atom is -0.293 e. The number of hydrogen-bond donors (Lipinski definition) is 0. The molecule has 0 aromatic carbocycles. The monoisotopic (exact) mass is 430 g/mol. The fraction of sp³-hybridized carbons (Fsp3) is 0.619. The highest BCUT2D eigenvalue weighted by Crippen LogP contribution is 2.17. The summed E-state index contributed by atoms with van der Waals surface area (Å²) in [6.45, 7) is 12.4. The van der Waals surface area contributed by atoms with E-state index in [2.05, 4.69) is 20.6 Å². The van der Waals surface area contributed by atoms with Crippen molar-refractivity contribution in [2.75, 3.05) is 0 Å².